The molecule has 0 radical (unpaired) electrons. The Bertz CT molecular complexity index is 860. The number of hydrogen-bond donors (Lipinski definition) is 0. The molecule has 148 valence electrons. The lowest BCUT2D eigenvalue weighted by Gasteiger charge is -2.11. The van der Waals surface area contributed by atoms with Gasteiger partial charge in [0.15, 0.2) is 42.0 Å². The summed E-state index contributed by atoms with van der Waals surface area (Å²) in [7, 11) is 1.52. The van der Waals surface area contributed by atoms with Crippen molar-refractivity contribution in [1.29, 1.82) is 0 Å². The molecule has 1 aliphatic rings. The third kappa shape index (κ3) is 4.94. The first-order valence-electron chi connectivity index (χ1n) is 8.92. The zero-order chi connectivity index (χ0) is 19.9. The van der Waals surface area contributed by atoms with Crippen LogP contribution in [-0.4, -0.2) is 45.3 Å². The van der Waals surface area contributed by atoms with E-state index in [9.17, 15) is 9.59 Å². The summed E-state index contributed by atoms with van der Waals surface area (Å²) in [4.78, 5) is 24.2. The highest BCUT2D eigenvalue weighted by Crippen LogP contribution is 2.30. The van der Waals surface area contributed by atoms with Crippen LogP contribution in [0.25, 0.3) is 0 Å². The molecule has 0 aliphatic carbocycles. The van der Waals surface area contributed by atoms with Crippen LogP contribution in [0.1, 0.15) is 22.3 Å². The average molecular weight is 386 g/mol. The Hall–Kier alpha value is -3.22. The third-order valence-corrected chi connectivity index (χ3v) is 4.10. The molecule has 0 unspecified atom stereocenters. The van der Waals surface area contributed by atoms with Crippen molar-refractivity contribution in [3.63, 3.8) is 0 Å². The van der Waals surface area contributed by atoms with E-state index in [2.05, 4.69) is 0 Å². The van der Waals surface area contributed by atoms with Crippen LogP contribution < -0.4 is 18.9 Å². The number of Topliss-reactive ketones (excluding diaryl/α,β-unsaturated/α-hetero) is 1. The smallest absolute Gasteiger partial charge is 0.344 e. The Morgan fingerprint density at radius 3 is 2.54 bits per heavy atom. The van der Waals surface area contributed by atoms with Gasteiger partial charge in [-0.2, -0.15) is 0 Å². The lowest BCUT2D eigenvalue weighted by atomic mass is 10.1. The van der Waals surface area contributed by atoms with Crippen molar-refractivity contribution < 1.29 is 33.3 Å². The number of aryl methyl sites for hydroxylation is 1. The van der Waals surface area contributed by atoms with Gasteiger partial charge in [-0.1, -0.05) is 6.07 Å². The van der Waals surface area contributed by atoms with Gasteiger partial charge in [-0.3, -0.25) is 4.79 Å². The van der Waals surface area contributed by atoms with Crippen molar-refractivity contribution in [2.24, 2.45) is 0 Å². The number of rotatable bonds is 7. The minimum absolute atomic E-state index is 0.326. The van der Waals surface area contributed by atoms with Crippen molar-refractivity contribution in [3.05, 3.63) is 47.5 Å². The topological polar surface area (TPSA) is 80.3 Å². The molecule has 0 amide bonds. The lowest BCUT2D eigenvalue weighted by Crippen LogP contribution is -2.19. The van der Waals surface area contributed by atoms with Gasteiger partial charge in [-0.05, 0) is 42.8 Å². The molecule has 7 nitrogen and oxygen atoms in total. The van der Waals surface area contributed by atoms with E-state index in [1.54, 1.807) is 30.3 Å². The van der Waals surface area contributed by atoms with Crippen molar-refractivity contribution in [2.45, 2.75) is 13.3 Å². The van der Waals surface area contributed by atoms with Crippen LogP contribution in [0.3, 0.4) is 0 Å². The van der Waals surface area contributed by atoms with Gasteiger partial charge in [0, 0.05) is 12.0 Å². The second kappa shape index (κ2) is 9.12. The van der Waals surface area contributed by atoms with Crippen LogP contribution >= 0.6 is 0 Å². The van der Waals surface area contributed by atoms with E-state index in [1.165, 1.54) is 7.11 Å². The highest BCUT2D eigenvalue weighted by molar-refractivity contribution is 5.98. The van der Waals surface area contributed by atoms with Gasteiger partial charge >= 0.3 is 5.97 Å². The van der Waals surface area contributed by atoms with E-state index in [-0.39, 0.29) is 19.0 Å². The summed E-state index contributed by atoms with van der Waals surface area (Å²) in [6.07, 6.45) is 0.779. The van der Waals surface area contributed by atoms with E-state index in [4.69, 9.17) is 23.7 Å². The molecule has 2 aromatic carbocycles. The average Bonchev–Trinajstić information content (AvgIpc) is 2.95. The van der Waals surface area contributed by atoms with Crippen molar-refractivity contribution in [3.8, 4) is 23.0 Å². The Labute approximate surface area is 163 Å². The number of esters is 1. The molecule has 0 atom stereocenters. The zero-order valence-electron chi connectivity index (χ0n) is 15.9. The lowest BCUT2D eigenvalue weighted by molar-refractivity contribution is -0.144. The molecule has 1 heterocycles. The second-order valence-electron chi connectivity index (χ2n) is 6.24. The first-order chi connectivity index (χ1) is 13.6. The Kier molecular flexibility index (Phi) is 6.37. The summed E-state index contributed by atoms with van der Waals surface area (Å²) >= 11 is 0. The summed E-state index contributed by atoms with van der Waals surface area (Å²) in [6.45, 7) is 2.32. The van der Waals surface area contributed by atoms with Gasteiger partial charge in [0.2, 0.25) is 0 Å². The highest BCUT2D eigenvalue weighted by atomic mass is 16.6. The Morgan fingerprint density at radius 2 is 1.75 bits per heavy atom. The summed E-state index contributed by atoms with van der Waals surface area (Å²) in [5.74, 6) is 1.09. The molecule has 1 aliphatic heterocycles. The summed E-state index contributed by atoms with van der Waals surface area (Å²) in [5.41, 5.74) is 1.39. The Balaban J connectivity index is 1.52. The molecule has 28 heavy (non-hydrogen) atoms. The molecule has 2 aromatic rings. The van der Waals surface area contributed by atoms with E-state index in [0.29, 0.717) is 41.8 Å². The number of ketones is 1. The van der Waals surface area contributed by atoms with Gasteiger partial charge < -0.3 is 23.7 Å². The summed E-state index contributed by atoms with van der Waals surface area (Å²) < 4.78 is 26.8. The number of benzene rings is 2. The molecule has 0 saturated heterocycles. The fraction of sp³-hybridized carbons (Fsp3) is 0.333. The predicted molar refractivity (Wildman–Crippen MR) is 101 cm³/mol. The van der Waals surface area contributed by atoms with Crippen LogP contribution in [0, 0.1) is 6.92 Å². The van der Waals surface area contributed by atoms with E-state index >= 15 is 0 Å². The minimum atomic E-state index is -0.648. The predicted octanol–water partition coefficient (Wildman–Crippen LogP) is 2.97. The van der Waals surface area contributed by atoms with Gasteiger partial charge in [-0.25, -0.2) is 4.79 Å². The van der Waals surface area contributed by atoms with Crippen molar-refractivity contribution >= 4 is 11.8 Å². The number of hydrogen-bond acceptors (Lipinski definition) is 7. The maximum Gasteiger partial charge on any atom is 0.344 e. The molecule has 0 saturated carbocycles. The quantitative estimate of drug-likeness (QED) is 0.535. The first kappa shape index (κ1) is 19.5. The van der Waals surface area contributed by atoms with Gasteiger partial charge in [0.1, 0.15) is 0 Å². The van der Waals surface area contributed by atoms with E-state index < -0.39 is 5.97 Å². The minimum Gasteiger partial charge on any atom is -0.493 e. The summed E-state index contributed by atoms with van der Waals surface area (Å²) in [5, 5.41) is 0. The van der Waals surface area contributed by atoms with Crippen molar-refractivity contribution in [1.82, 2.24) is 0 Å². The van der Waals surface area contributed by atoms with Crippen LogP contribution in [0.4, 0.5) is 0 Å². The number of ether oxygens (including phenoxy) is 5. The fourth-order valence-corrected chi connectivity index (χ4v) is 2.64. The molecule has 0 bridgehead atoms. The maximum atomic E-state index is 12.3. The number of methoxy groups -OCH3 is 1. The molecule has 7 heteroatoms. The zero-order valence-corrected chi connectivity index (χ0v) is 15.9. The third-order valence-electron chi connectivity index (χ3n) is 4.10. The molecule has 0 N–H and O–H groups in total. The highest BCUT2D eigenvalue weighted by Gasteiger charge is 2.16. The van der Waals surface area contributed by atoms with Crippen LogP contribution in [-0.2, 0) is 9.53 Å². The molecular formula is C21H22O7. The monoisotopic (exact) mass is 386 g/mol. The number of fused-ring (bicyclic) bond motifs is 1. The van der Waals surface area contributed by atoms with E-state index in [0.717, 1.165) is 12.0 Å². The van der Waals surface area contributed by atoms with Crippen LogP contribution in [0.15, 0.2) is 36.4 Å². The normalized spacial score (nSPS) is 12.6. The fourth-order valence-electron chi connectivity index (χ4n) is 2.64. The molecular weight excluding hydrogens is 364 g/mol. The largest absolute Gasteiger partial charge is 0.493 e. The van der Waals surface area contributed by atoms with Gasteiger partial charge in [0.25, 0.3) is 0 Å². The van der Waals surface area contributed by atoms with E-state index in [1.807, 2.05) is 13.0 Å². The molecule has 0 fully saturated rings. The number of carbonyl (C=O) groups excluding carboxylic acids is 2. The van der Waals surface area contributed by atoms with Crippen LogP contribution in [0.5, 0.6) is 23.0 Å². The van der Waals surface area contributed by atoms with Crippen LogP contribution in [0.2, 0.25) is 0 Å². The molecule has 0 aromatic heterocycles. The van der Waals surface area contributed by atoms with Gasteiger partial charge in [-0.15, -0.1) is 0 Å². The second-order valence-corrected chi connectivity index (χ2v) is 6.24. The van der Waals surface area contributed by atoms with Crippen molar-refractivity contribution in [2.75, 3.05) is 33.5 Å². The maximum absolute atomic E-state index is 12.3. The molecule has 0 spiro atoms. The Morgan fingerprint density at radius 1 is 0.964 bits per heavy atom. The SMILES string of the molecule is COc1cc(C)ccc1OCC(=O)OCC(=O)c1ccc2c(c1)OCCCO2. The first-order valence-corrected chi connectivity index (χ1v) is 8.92. The number of carbonyl (C=O) groups is 2. The van der Waals surface area contributed by atoms with Gasteiger partial charge in [0.05, 0.1) is 20.3 Å². The standard InChI is InChI=1S/C21H22O7/c1-14-4-6-17(19(10-14)24-2)27-13-21(23)28-12-16(22)15-5-7-18-20(11-15)26-9-3-8-25-18/h4-7,10-11H,3,8-9,12-13H2,1-2H3. The summed E-state index contributed by atoms with van der Waals surface area (Å²) in [6, 6.07) is 10.3. The molecule has 3 rings (SSSR count).